The van der Waals surface area contributed by atoms with Crippen molar-refractivity contribution < 1.29 is 10.0 Å². The van der Waals surface area contributed by atoms with Gasteiger partial charge < -0.3 is 10.4 Å². The Hall–Kier alpha value is -1.46. The predicted molar refractivity (Wildman–Crippen MR) is 82.2 cm³/mol. The summed E-state index contributed by atoms with van der Waals surface area (Å²) in [4.78, 5) is 10.9. The molecule has 2 rings (SSSR count). The molecule has 5 heteroatoms. The third-order valence-corrected chi connectivity index (χ3v) is 4.27. The van der Waals surface area contributed by atoms with Gasteiger partial charge in [0, 0.05) is 24.7 Å². The Kier molecular flexibility index (Phi) is 5.31. The third-order valence-electron chi connectivity index (χ3n) is 4.27. The standard InChI is InChI=1S/C16H24N2O3/c1-11(2)14-7-6-12(8-15(14)18(20)21)9-17-10-13-4-3-5-16(13)19/h6-8,11,13,16-17,19H,3-5,9-10H2,1-2H3. The summed E-state index contributed by atoms with van der Waals surface area (Å²) in [5.74, 6) is 0.455. The van der Waals surface area contributed by atoms with E-state index < -0.39 is 0 Å². The van der Waals surface area contributed by atoms with Gasteiger partial charge in [-0.05, 0) is 30.2 Å². The zero-order valence-corrected chi connectivity index (χ0v) is 12.7. The van der Waals surface area contributed by atoms with Gasteiger partial charge in [-0.15, -0.1) is 0 Å². The number of nitrogens with one attached hydrogen (secondary N) is 1. The van der Waals surface area contributed by atoms with Crippen molar-refractivity contribution in [3.8, 4) is 0 Å². The van der Waals surface area contributed by atoms with Crippen LogP contribution in [0.15, 0.2) is 18.2 Å². The summed E-state index contributed by atoms with van der Waals surface area (Å²) in [6.45, 7) is 5.28. The highest BCUT2D eigenvalue weighted by Gasteiger charge is 2.24. The Morgan fingerprint density at radius 1 is 1.43 bits per heavy atom. The second kappa shape index (κ2) is 7.00. The summed E-state index contributed by atoms with van der Waals surface area (Å²) >= 11 is 0. The van der Waals surface area contributed by atoms with Crippen LogP contribution in [0, 0.1) is 16.0 Å². The SMILES string of the molecule is CC(C)c1ccc(CNCC2CCCC2O)cc1[N+](=O)[O-]. The number of nitrogens with zero attached hydrogens (tertiary/aromatic N) is 1. The van der Waals surface area contributed by atoms with E-state index in [2.05, 4.69) is 5.32 Å². The van der Waals surface area contributed by atoms with E-state index in [1.54, 1.807) is 6.07 Å². The van der Waals surface area contributed by atoms with Gasteiger partial charge in [-0.25, -0.2) is 0 Å². The topological polar surface area (TPSA) is 75.4 Å². The second-order valence-electron chi connectivity index (χ2n) is 6.19. The Labute approximate surface area is 125 Å². The summed E-state index contributed by atoms with van der Waals surface area (Å²) in [5, 5.41) is 24.2. The molecular formula is C16H24N2O3. The predicted octanol–water partition coefficient (Wildman–Crippen LogP) is 2.97. The summed E-state index contributed by atoms with van der Waals surface area (Å²) in [7, 11) is 0. The lowest BCUT2D eigenvalue weighted by molar-refractivity contribution is -0.385. The van der Waals surface area contributed by atoms with Crippen molar-refractivity contribution in [2.24, 2.45) is 5.92 Å². The fraction of sp³-hybridized carbons (Fsp3) is 0.625. The van der Waals surface area contributed by atoms with Crippen LogP contribution in [-0.4, -0.2) is 22.7 Å². The van der Waals surface area contributed by atoms with Crippen molar-refractivity contribution in [2.45, 2.75) is 51.7 Å². The molecule has 2 N–H and O–H groups in total. The molecule has 21 heavy (non-hydrogen) atoms. The first-order chi connectivity index (χ1) is 9.99. The van der Waals surface area contributed by atoms with Crippen molar-refractivity contribution >= 4 is 5.69 Å². The molecule has 0 aromatic heterocycles. The number of aliphatic hydroxyl groups excluding tert-OH is 1. The maximum Gasteiger partial charge on any atom is 0.273 e. The molecule has 0 saturated heterocycles. The first-order valence-corrected chi connectivity index (χ1v) is 7.65. The van der Waals surface area contributed by atoms with Gasteiger partial charge in [0.25, 0.3) is 5.69 Å². The van der Waals surface area contributed by atoms with E-state index in [9.17, 15) is 15.2 Å². The van der Waals surface area contributed by atoms with Crippen molar-refractivity contribution in [1.29, 1.82) is 0 Å². The molecule has 1 fully saturated rings. The minimum absolute atomic E-state index is 0.140. The smallest absolute Gasteiger partial charge is 0.273 e. The van der Waals surface area contributed by atoms with Crippen LogP contribution in [0.5, 0.6) is 0 Å². The normalized spacial score (nSPS) is 21.9. The number of nitro groups is 1. The van der Waals surface area contributed by atoms with E-state index in [-0.39, 0.29) is 22.6 Å². The number of hydrogen-bond donors (Lipinski definition) is 2. The molecule has 1 aliphatic rings. The highest BCUT2D eigenvalue weighted by Crippen LogP contribution is 2.28. The van der Waals surface area contributed by atoms with E-state index >= 15 is 0 Å². The van der Waals surface area contributed by atoms with E-state index in [4.69, 9.17) is 0 Å². The minimum atomic E-state index is -0.306. The van der Waals surface area contributed by atoms with Crippen molar-refractivity contribution in [1.82, 2.24) is 5.32 Å². The summed E-state index contributed by atoms with van der Waals surface area (Å²) in [6, 6.07) is 5.46. The molecule has 116 valence electrons. The van der Waals surface area contributed by atoms with Crippen LogP contribution in [-0.2, 0) is 6.54 Å². The molecule has 0 amide bonds. The van der Waals surface area contributed by atoms with Gasteiger partial charge in [0.2, 0.25) is 0 Å². The zero-order chi connectivity index (χ0) is 15.4. The Bertz CT molecular complexity index is 502. The van der Waals surface area contributed by atoms with Crippen molar-refractivity contribution in [2.75, 3.05) is 6.54 Å². The van der Waals surface area contributed by atoms with Gasteiger partial charge in [0.05, 0.1) is 11.0 Å². The Balaban J connectivity index is 1.97. The van der Waals surface area contributed by atoms with Gasteiger partial charge in [-0.1, -0.05) is 32.4 Å². The van der Waals surface area contributed by atoms with Gasteiger partial charge in [-0.2, -0.15) is 0 Å². The zero-order valence-electron chi connectivity index (χ0n) is 12.7. The maximum atomic E-state index is 11.2. The molecule has 0 radical (unpaired) electrons. The molecule has 2 unspecified atom stereocenters. The molecule has 1 aliphatic carbocycles. The van der Waals surface area contributed by atoms with Crippen molar-refractivity contribution in [3.05, 3.63) is 39.4 Å². The second-order valence-corrected chi connectivity index (χ2v) is 6.19. The molecule has 0 bridgehead atoms. The summed E-state index contributed by atoms with van der Waals surface area (Å²) in [6.07, 6.45) is 2.83. The Morgan fingerprint density at radius 3 is 2.76 bits per heavy atom. The molecule has 2 atom stereocenters. The fourth-order valence-electron chi connectivity index (χ4n) is 3.00. The third kappa shape index (κ3) is 4.02. The highest BCUT2D eigenvalue weighted by atomic mass is 16.6. The van der Waals surface area contributed by atoms with E-state index in [1.807, 2.05) is 26.0 Å². The van der Waals surface area contributed by atoms with Gasteiger partial charge >= 0.3 is 0 Å². The number of nitro benzene ring substituents is 1. The van der Waals surface area contributed by atoms with E-state index in [0.29, 0.717) is 12.5 Å². The van der Waals surface area contributed by atoms with Gasteiger partial charge in [0.1, 0.15) is 0 Å². The summed E-state index contributed by atoms with van der Waals surface area (Å²) in [5.41, 5.74) is 1.89. The van der Waals surface area contributed by atoms with Crippen LogP contribution < -0.4 is 5.32 Å². The molecule has 0 heterocycles. The lowest BCUT2D eigenvalue weighted by atomic mass is 9.99. The Morgan fingerprint density at radius 2 is 2.19 bits per heavy atom. The first kappa shape index (κ1) is 15.9. The van der Waals surface area contributed by atoms with Crippen LogP contribution in [0.2, 0.25) is 0 Å². The average molecular weight is 292 g/mol. The monoisotopic (exact) mass is 292 g/mol. The van der Waals surface area contributed by atoms with Crippen molar-refractivity contribution in [3.63, 3.8) is 0 Å². The molecule has 1 aromatic rings. The number of rotatable bonds is 6. The summed E-state index contributed by atoms with van der Waals surface area (Å²) < 4.78 is 0. The largest absolute Gasteiger partial charge is 0.393 e. The van der Waals surface area contributed by atoms with E-state index in [0.717, 1.165) is 36.9 Å². The lowest BCUT2D eigenvalue weighted by Gasteiger charge is -2.15. The van der Waals surface area contributed by atoms with Gasteiger partial charge in [0.15, 0.2) is 0 Å². The first-order valence-electron chi connectivity index (χ1n) is 7.65. The van der Waals surface area contributed by atoms with E-state index in [1.165, 1.54) is 0 Å². The minimum Gasteiger partial charge on any atom is -0.393 e. The number of hydrogen-bond acceptors (Lipinski definition) is 4. The number of benzene rings is 1. The highest BCUT2D eigenvalue weighted by molar-refractivity contribution is 5.45. The number of aliphatic hydroxyl groups is 1. The van der Waals surface area contributed by atoms with Crippen LogP contribution >= 0.6 is 0 Å². The molecule has 0 aliphatic heterocycles. The maximum absolute atomic E-state index is 11.2. The lowest BCUT2D eigenvalue weighted by Crippen LogP contribution is -2.27. The van der Waals surface area contributed by atoms with Crippen LogP contribution in [0.25, 0.3) is 0 Å². The quantitative estimate of drug-likeness (QED) is 0.624. The average Bonchev–Trinajstić information content (AvgIpc) is 2.84. The van der Waals surface area contributed by atoms with Gasteiger partial charge in [-0.3, -0.25) is 10.1 Å². The molecule has 1 saturated carbocycles. The molecular weight excluding hydrogens is 268 g/mol. The molecule has 5 nitrogen and oxygen atoms in total. The fourth-order valence-corrected chi connectivity index (χ4v) is 3.00. The van der Waals surface area contributed by atoms with Crippen LogP contribution in [0.4, 0.5) is 5.69 Å². The van der Waals surface area contributed by atoms with Crippen LogP contribution in [0.3, 0.4) is 0 Å². The molecule has 0 spiro atoms. The molecule has 1 aromatic carbocycles. The van der Waals surface area contributed by atoms with Crippen LogP contribution in [0.1, 0.15) is 50.2 Å².